The molecule has 0 amide bonds. The van der Waals surface area contributed by atoms with Crippen LogP contribution in [0.3, 0.4) is 0 Å². The monoisotopic (exact) mass is 446 g/mol. The van der Waals surface area contributed by atoms with Gasteiger partial charge >= 0.3 is 5.97 Å². The summed E-state index contributed by atoms with van der Waals surface area (Å²) in [5, 5.41) is 10.6. The zero-order valence-electron chi connectivity index (χ0n) is 21.7. The predicted octanol–water partition coefficient (Wildman–Crippen LogP) is 9.70. The molecule has 0 saturated heterocycles. The smallest absolute Gasteiger partial charge is 0.310 e. The van der Waals surface area contributed by atoms with Crippen LogP contribution < -0.4 is 0 Å². The third-order valence-electron chi connectivity index (χ3n) is 10.6. The number of carbonyl (C=O) groups is 1. The minimum Gasteiger partial charge on any atom is -0.481 e. The molecule has 0 bridgehead atoms. The fourth-order valence-corrected chi connectivity index (χ4v) is 8.63. The summed E-state index contributed by atoms with van der Waals surface area (Å²) in [6.45, 7) is 4.60. The van der Waals surface area contributed by atoms with Gasteiger partial charge in [-0.05, 0) is 81.0 Å². The van der Waals surface area contributed by atoms with Crippen LogP contribution >= 0.6 is 0 Å². The molecule has 32 heavy (non-hydrogen) atoms. The second kappa shape index (κ2) is 12.3. The van der Waals surface area contributed by atoms with Gasteiger partial charge in [-0.25, -0.2) is 0 Å². The van der Waals surface area contributed by atoms with E-state index in [9.17, 15) is 9.90 Å². The molecule has 0 aromatic carbocycles. The van der Waals surface area contributed by atoms with Crippen molar-refractivity contribution < 1.29 is 9.90 Å². The third-order valence-corrected chi connectivity index (χ3v) is 10.6. The molecular formula is C30H54O2. The van der Waals surface area contributed by atoms with Gasteiger partial charge < -0.3 is 5.11 Å². The lowest BCUT2D eigenvalue weighted by molar-refractivity contribution is -0.171. The van der Waals surface area contributed by atoms with Crippen LogP contribution in [0.4, 0.5) is 0 Å². The molecule has 0 spiro atoms. The van der Waals surface area contributed by atoms with Crippen molar-refractivity contribution in [2.45, 2.75) is 162 Å². The molecule has 0 aliphatic heterocycles. The largest absolute Gasteiger partial charge is 0.481 e. The molecule has 1 N–H and O–H groups in total. The van der Waals surface area contributed by atoms with Crippen LogP contribution in [-0.2, 0) is 4.79 Å². The van der Waals surface area contributed by atoms with Gasteiger partial charge in [-0.2, -0.15) is 0 Å². The number of carboxylic acids is 1. The molecule has 0 aromatic rings. The van der Waals surface area contributed by atoms with Gasteiger partial charge in [-0.3, -0.25) is 4.79 Å². The number of aliphatic carboxylic acids is 1. The van der Waals surface area contributed by atoms with E-state index in [1.54, 1.807) is 0 Å². The second-order valence-corrected chi connectivity index (χ2v) is 12.2. The zero-order chi connectivity index (χ0) is 22.9. The molecule has 0 aromatic heterocycles. The van der Waals surface area contributed by atoms with Crippen LogP contribution in [0.15, 0.2) is 0 Å². The van der Waals surface area contributed by atoms with Crippen LogP contribution in [0, 0.1) is 22.2 Å². The van der Waals surface area contributed by atoms with Crippen molar-refractivity contribution in [3.63, 3.8) is 0 Å². The maximum atomic E-state index is 12.8. The molecule has 3 aliphatic rings. The fourth-order valence-electron chi connectivity index (χ4n) is 8.63. The summed E-state index contributed by atoms with van der Waals surface area (Å²) in [7, 11) is 0. The Morgan fingerprint density at radius 1 is 0.688 bits per heavy atom. The summed E-state index contributed by atoms with van der Waals surface area (Å²) in [6.07, 6.45) is 29.7. The highest BCUT2D eigenvalue weighted by molar-refractivity contribution is 5.76. The molecule has 0 unspecified atom stereocenters. The highest BCUT2D eigenvalue weighted by Crippen LogP contribution is 2.64. The van der Waals surface area contributed by atoms with Crippen molar-refractivity contribution in [1.82, 2.24) is 0 Å². The lowest BCUT2D eigenvalue weighted by Gasteiger charge is -2.58. The molecule has 3 rings (SSSR count). The summed E-state index contributed by atoms with van der Waals surface area (Å²) in [6, 6.07) is 0. The molecule has 0 heterocycles. The van der Waals surface area contributed by atoms with Crippen LogP contribution in [0.1, 0.15) is 162 Å². The maximum Gasteiger partial charge on any atom is 0.310 e. The quantitative estimate of drug-likeness (QED) is 0.303. The minimum absolute atomic E-state index is 0.0628. The van der Waals surface area contributed by atoms with Crippen LogP contribution in [-0.4, -0.2) is 11.1 Å². The maximum absolute atomic E-state index is 12.8. The van der Waals surface area contributed by atoms with Gasteiger partial charge in [0.15, 0.2) is 0 Å². The standard InChI is InChI=1S/C30H54O2/c1-3-5-6-7-8-13-19-28(26-16-11-9-12-17-26)22-24-29(18-4-2,25-23-28)30(27(31)32)20-14-10-15-21-30/h26H,3-25H2,1-2H3,(H,31,32). The van der Waals surface area contributed by atoms with E-state index >= 15 is 0 Å². The van der Waals surface area contributed by atoms with E-state index in [4.69, 9.17) is 0 Å². The lowest BCUT2D eigenvalue weighted by atomic mass is 9.46. The predicted molar refractivity (Wildman–Crippen MR) is 136 cm³/mol. The Hall–Kier alpha value is -0.530. The average molecular weight is 447 g/mol. The summed E-state index contributed by atoms with van der Waals surface area (Å²) in [4.78, 5) is 12.8. The number of rotatable bonds is 12. The molecule has 3 saturated carbocycles. The highest BCUT2D eigenvalue weighted by Gasteiger charge is 2.58. The van der Waals surface area contributed by atoms with Crippen LogP contribution in [0.25, 0.3) is 0 Å². The van der Waals surface area contributed by atoms with Gasteiger partial charge in [0.05, 0.1) is 5.41 Å². The third kappa shape index (κ3) is 5.57. The van der Waals surface area contributed by atoms with E-state index in [0.717, 1.165) is 44.4 Å². The summed E-state index contributed by atoms with van der Waals surface area (Å²) >= 11 is 0. The molecule has 186 valence electrons. The first-order valence-electron chi connectivity index (χ1n) is 14.8. The summed E-state index contributed by atoms with van der Waals surface area (Å²) in [5.74, 6) is 0.463. The van der Waals surface area contributed by atoms with Crippen molar-refractivity contribution in [2.75, 3.05) is 0 Å². The van der Waals surface area contributed by atoms with Crippen molar-refractivity contribution in [2.24, 2.45) is 22.2 Å². The van der Waals surface area contributed by atoms with E-state index < -0.39 is 11.4 Å². The highest BCUT2D eigenvalue weighted by atomic mass is 16.4. The van der Waals surface area contributed by atoms with Crippen LogP contribution in [0.5, 0.6) is 0 Å². The number of carboxylic acid groups (broad SMARTS) is 1. The van der Waals surface area contributed by atoms with Crippen LogP contribution in [0.2, 0.25) is 0 Å². The SMILES string of the molecule is CCCCCCCCC1(C2CCCCC2)CCC(CCC)(C2(C(=O)O)CCCCC2)CC1. The number of unbranched alkanes of at least 4 members (excludes halogenated alkanes) is 5. The Morgan fingerprint density at radius 3 is 1.88 bits per heavy atom. The van der Waals surface area contributed by atoms with E-state index in [1.165, 1.54) is 109 Å². The number of hydrogen-bond donors (Lipinski definition) is 1. The first kappa shape index (κ1) is 26.1. The van der Waals surface area contributed by atoms with Crippen molar-refractivity contribution in [1.29, 1.82) is 0 Å². The lowest BCUT2D eigenvalue weighted by Crippen LogP contribution is -2.53. The van der Waals surface area contributed by atoms with E-state index in [-0.39, 0.29) is 5.41 Å². The van der Waals surface area contributed by atoms with Gasteiger partial charge in [0.2, 0.25) is 0 Å². The average Bonchev–Trinajstić information content (AvgIpc) is 2.83. The molecule has 2 nitrogen and oxygen atoms in total. The first-order valence-corrected chi connectivity index (χ1v) is 14.8. The van der Waals surface area contributed by atoms with Gasteiger partial charge in [0, 0.05) is 0 Å². The summed E-state index contributed by atoms with van der Waals surface area (Å²) < 4.78 is 0. The molecule has 0 radical (unpaired) electrons. The topological polar surface area (TPSA) is 37.3 Å². The summed E-state index contributed by atoms with van der Waals surface area (Å²) in [5.41, 5.74) is 0.157. The number of hydrogen-bond acceptors (Lipinski definition) is 1. The van der Waals surface area contributed by atoms with Crippen molar-refractivity contribution in [3.8, 4) is 0 Å². The van der Waals surface area contributed by atoms with Gasteiger partial charge in [0.1, 0.15) is 0 Å². The fraction of sp³-hybridized carbons (Fsp3) is 0.967. The molecule has 0 atom stereocenters. The molecule has 2 heteroatoms. The molecule has 3 aliphatic carbocycles. The van der Waals surface area contributed by atoms with Crippen molar-refractivity contribution >= 4 is 5.97 Å². The Kier molecular flexibility index (Phi) is 9.99. The second-order valence-electron chi connectivity index (χ2n) is 12.2. The molecular weight excluding hydrogens is 392 g/mol. The first-order chi connectivity index (χ1) is 15.5. The zero-order valence-corrected chi connectivity index (χ0v) is 21.7. The minimum atomic E-state index is -0.452. The Morgan fingerprint density at radius 2 is 1.28 bits per heavy atom. The van der Waals surface area contributed by atoms with E-state index in [1.807, 2.05) is 0 Å². The Labute approximate surface area is 199 Å². The van der Waals surface area contributed by atoms with E-state index in [0.29, 0.717) is 5.41 Å². The Balaban J connectivity index is 1.74. The van der Waals surface area contributed by atoms with Gasteiger partial charge in [0.25, 0.3) is 0 Å². The van der Waals surface area contributed by atoms with Crippen molar-refractivity contribution in [3.05, 3.63) is 0 Å². The molecule has 3 fully saturated rings. The van der Waals surface area contributed by atoms with Gasteiger partial charge in [-0.1, -0.05) is 97.3 Å². The Bertz CT molecular complexity index is 545. The normalized spacial score (nSPS) is 31.4. The van der Waals surface area contributed by atoms with Gasteiger partial charge in [-0.15, -0.1) is 0 Å². The van der Waals surface area contributed by atoms with E-state index in [2.05, 4.69) is 13.8 Å².